The first-order valence-electron chi connectivity index (χ1n) is 17.8. The number of aromatic nitrogens is 2. The number of fused-ring (bicyclic) bond motifs is 16. The van der Waals surface area contributed by atoms with E-state index in [2.05, 4.69) is 191 Å². The van der Waals surface area contributed by atoms with Crippen LogP contribution in [0, 0.1) is 0 Å². The van der Waals surface area contributed by atoms with Crippen molar-refractivity contribution >= 4 is 43.6 Å². The standard InChI is InChI=1S/C49H30N2/c1-7-19-41-33(13-1)35-27-25-31(50-45-21-9-3-15-37(45)38-16-4-10-22-46(38)50)29-43(35)49(41)42-20-8-2-14-34(42)36-28-26-32(30-44(36)49)51-47-23-11-5-17-39(47)40-18-6-12-24-48(40)51/h1-30H. The van der Waals surface area contributed by atoms with Crippen molar-refractivity contribution in [2.24, 2.45) is 0 Å². The highest BCUT2D eigenvalue weighted by atomic mass is 15.0. The van der Waals surface area contributed by atoms with Gasteiger partial charge in [-0.3, -0.25) is 0 Å². The SMILES string of the molecule is c1ccc2c(c1)-c1ccc(-n3c4ccccc4c4ccccc43)cc1C21c2ccccc2-c2ccc(-n3c4ccccc4c4ccccc43)cc21. The molecule has 0 atom stereocenters. The minimum Gasteiger partial charge on any atom is -0.309 e. The van der Waals surface area contributed by atoms with E-state index in [1.165, 1.54) is 99.5 Å². The van der Waals surface area contributed by atoms with Crippen LogP contribution in [0.5, 0.6) is 0 Å². The van der Waals surface area contributed by atoms with Crippen LogP contribution in [0.1, 0.15) is 22.3 Å². The molecule has 0 amide bonds. The Bertz CT molecular complexity index is 2780. The Labute approximate surface area is 295 Å². The smallest absolute Gasteiger partial charge is 0.0727 e. The Hall–Kier alpha value is -6.64. The van der Waals surface area contributed by atoms with Gasteiger partial charge in [0.1, 0.15) is 0 Å². The van der Waals surface area contributed by atoms with Crippen molar-refractivity contribution in [2.75, 3.05) is 0 Å². The number of hydrogen-bond acceptors (Lipinski definition) is 0. The van der Waals surface area contributed by atoms with Gasteiger partial charge in [0.25, 0.3) is 0 Å². The van der Waals surface area contributed by atoms with E-state index in [0.29, 0.717) is 0 Å². The van der Waals surface area contributed by atoms with E-state index >= 15 is 0 Å². The molecule has 2 aromatic heterocycles. The number of nitrogens with zero attached hydrogens (tertiary/aromatic N) is 2. The van der Waals surface area contributed by atoms with Crippen LogP contribution in [0.15, 0.2) is 182 Å². The molecule has 236 valence electrons. The molecule has 12 rings (SSSR count). The summed E-state index contributed by atoms with van der Waals surface area (Å²) < 4.78 is 4.91. The Morgan fingerprint density at radius 3 is 0.980 bits per heavy atom. The van der Waals surface area contributed by atoms with E-state index in [9.17, 15) is 0 Å². The molecule has 0 bridgehead atoms. The molecule has 0 saturated carbocycles. The van der Waals surface area contributed by atoms with Gasteiger partial charge in [0.2, 0.25) is 0 Å². The van der Waals surface area contributed by atoms with E-state index in [1.807, 2.05) is 0 Å². The maximum atomic E-state index is 2.49. The Balaban J connectivity index is 1.19. The maximum absolute atomic E-state index is 2.49. The Kier molecular flexibility index (Phi) is 5.20. The average molecular weight is 647 g/mol. The lowest BCUT2D eigenvalue weighted by atomic mass is 9.70. The molecule has 0 unspecified atom stereocenters. The molecule has 8 aromatic carbocycles. The summed E-state index contributed by atoms with van der Waals surface area (Å²) in [7, 11) is 0. The van der Waals surface area contributed by atoms with Gasteiger partial charge in [-0.1, -0.05) is 133 Å². The van der Waals surface area contributed by atoms with Crippen LogP contribution >= 0.6 is 0 Å². The fourth-order valence-electron chi connectivity index (χ4n) is 9.79. The maximum Gasteiger partial charge on any atom is 0.0727 e. The minimum atomic E-state index is -0.471. The van der Waals surface area contributed by atoms with E-state index in [1.54, 1.807) is 0 Å². The summed E-state index contributed by atoms with van der Waals surface area (Å²) >= 11 is 0. The van der Waals surface area contributed by atoms with E-state index in [0.717, 1.165) is 0 Å². The van der Waals surface area contributed by atoms with Crippen molar-refractivity contribution in [3.05, 3.63) is 204 Å². The van der Waals surface area contributed by atoms with Crippen molar-refractivity contribution in [3.8, 4) is 33.6 Å². The zero-order chi connectivity index (χ0) is 33.3. The lowest BCUT2D eigenvalue weighted by molar-refractivity contribution is 0.791. The molecule has 0 radical (unpaired) electrons. The van der Waals surface area contributed by atoms with Gasteiger partial charge in [0.15, 0.2) is 0 Å². The summed E-state index contributed by atoms with van der Waals surface area (Å²) in [6.07, 6.45) is 0. The number of para-hydroxylation sites is 4. The summed E-state index contributed by atoms with van der Waals surface area (Å²) in [6, 6.07) is 67.8. The van der Waals surface area contributed by atoms with Crippen LogP contribution in [-0.2, 0) is 5.41 Å². The van der Waals surface area contributed by atoms with Crippen LogP contribution in [0.4, 0.5) is 0 Å². The predicted octanol–water partition coefficient (Wildman–Crippen LogP) is 12.2. The second kappa shape index (κ2) is 9.74. The molecular formula is C49H30N2. The first-order valence-corrected chi connectivity index (χ1v) is 17.8. The zero-order valence-electron chi connectivity index (χ0n) is 27.7. The van der Waals surface area contributed by atoms with Crippen molar-refractivity contribution in [1.29, 1.82) is 0 Å². The molecular weight excluding hydrogens is 617 g/mol. The molecule has 0 fully saturated rings. The second-order valence-electron chi connectivity index (χ2n) is 14.0. The van der Waals surface area contributed by atoms with Gasteiger partial charge in [-0.05, 0) is 93.0 Å². The molecule has 2 heterocycles. The highest BCUT2D eigenvalue weighted by molar-refractivity contribution is 6.10. The van der Waals surface area contributed by atoms with Crippen LogP contribution in [0.25, 0.3) is 77.2 Å². The third-order valence-corrected chi connectivity index (χ3v) is 11.7. The van der Waals surface area contributed by atoms with E-state index < -0.39 is 5.41 Å². The van der Waals surface area contributed by atoms with Crippen LogP contribution in [-0.4, -0.2) is 9.13 Å². The predicted molar refractivity (Wildman–Crippen MR) is 211 cm³/mol. The van der Waals surface area contributed by atoms with Crippen LogP contribution in [0.2, 0.25) is 0 Å². The van der Waals surface area contributed by atoms with Crippen molar-refractivity contribution in [2.45, 2.75) is 5.41 Å². The second-order valence-corrected chi connectivity index (χ2v) is 14.0. The minimum absolute atomic E-state index is 0.471. The average Bonchev–Trinajstić information content (AvgIpc) is 3.90. The van der Waals surface area contributed by atoms with E-state index in [4.69, 9.17) is 0 Å². The lowest BCUT2D eigenvalue weighted by Gasteiger charge is -2.31. The van der Waals surface area contributed by atoms with Gasteiger partial charge in [0.05, 0.1) is 27.5 Å². The van der Waals surface area contributed by atoms with Crippen LogP contribution < -0.4 is 0 Å². The molecule has 0 aliphatic heterocycles. The fraction of sp³-hybridized carbons (Fsp3) is 0.0204. The lowest BCUT2D eigenvalue weighted by Crippen LogP contribution is -2.26. The van der Waals surface area contributed by atoms with Gasteiger partial charge < -0.3 is 9.13 Å². The Morgan fingerprint density at radius 1 is 0.275 bits per heavy atom. The third kappa shape index (κ3) is 3.32. The van der Waals surface area contributed by atoms with Crippen LogP contribution in [0.3, 0.4) is 0 Å². The first kappa shape index (κ1) is 27.2. The van der Waals surface area contributed by atoms with Gasteiger partial charge in [0, 0.05) is 32.9 Å². The number of hydrogen-bond donors (Lipinski definition) is 0. The fourth-order valence-corrected chi connectivity index (χ4v) is 9.79. The molecule has 2 heteroatoms. The third-order valence-electron chi connectivity index (χ3n) is 11.7. The number of rotatable bonds is 2. The van der Waals surface area contributed by atoms with E-state index in [-0.39, 0.29) is 0 Å². The van der Waals surface area contributed by atoms with Gasteiger partial charge in [-0.25, -0.2) is 0 Å². The molecule has 51 heavy (non-hydrogen) atoms. The quantitative estimate of drug-likeness (QED) is 0.177. The van der Waals surface area contributed by atoms with Crippen molar-refractivity contribution in [1.82, 2.24) is 9.13 Å². The topological polar surface area (TPSA) is 9.86 Å². The molecule has 2 aliphatic rings. The molecule has 10 aromatic rings. The largest absolute Gasteiger partial charge is 0.309 e. The van der Waals surface area contributed by atoms with Crippen molar-refractivity contribution in [3.63, 3.8) is 0 Å². The Morgan fingerprint density at radius 2 is 0.588 bits per heavy atom. The first-order chi connectivity index (χ1) is 25.3. The monoisotopic (exact) mass is 646 g/mol. The van der Waals surface area contributed by atoms with Crippen molar-refractivity contribution < 1.29 is 0 Å². The molecule has 2 aliphatic carbocycles. The number of benzene rings is 8. The molecule has 1 spiro atoms. The molecule has 0 saturated heterocycles. The summed E-state index contributed by atoms with van der Waals surface area (Å²) in [5.74, 6) is 0. The van der Waals surface area contributed by atoms with Gasteiger partial charge in [-0.15, -0.1) is 0 Å². The molecule has 2 nitrogen and oxygen atoms in total. The summed E-state index contributed by atoms with van der Waals surface area (Å²) in [5, 5.41) is 5.11. The molecule has 0 N–H and O–H groups in total. The summed E-state index contributed by atoms with van der Waals surface area (Å²) in [5.41, 5.74) is 17.4. The highest BCUT2D eigenvalue weighted by Gasteiger charge is 2.52. The highest BCUT2D eigenvalue weighted by Crippen LogP contribution is 2.63. The van der Waals surface area contributed by atoms with Gasteiger partial charge >= 0.3 is 0 Å². The zero-order valence-corrected chi connectivity index (χ0v) is 27.7. The summed E-state index contributed by atoms with van der Waals surface area (Å²) in [4.78, 5) is 0. The summed E-state index contributed by atoms with van der Waals surface area (Å²) in [6.45, 7) is 0. The normalized spacial score (nSPS) is 13.6. The van der Waals surface area contributed by atoms with Gasteiger partial charge in [-0.2, -0.15) is 0 Å².